The number of esters is 1. The van der Waals surface area contributed by atoms with Crippen molar-refractivity contribution in [2.45, 2.75) is 13.0 Å². The predicted octanol–water partition coefficient (Wildman–Crippen LogP) is 3.82. The van der Waals surface area contributed by atoms with Crippen LogP contribution in [-0.2, 0) is 4.74 Å². The number of hydrogen-bond donors (Lipinski definition) is 0. The summed E-state index contributed by atoms with van der Waals surface area (Å²) in [6.45, 7) is 1.93. The second-order valence-electron chi connectivity index (χ2n) is 5.11. The lowest BCUT2D eigenvalue weighted by Gasteiger charge is -2.24. The van der Waals surface area contributed by atoms with Crippen molar-refractivity contribution in [3.63, 3.8) is 0 Å². The van der Waals surface area contributed by atoms with E-state index in [4.69, 9.17) is 9.47 Å². The van der Waals surface area contributed by atoms with Gasteiger partial charge in [-0.2, -0.15) is 0 Å². The topological polar surface area (TPSA) is 35.5 Å². The molecule has 0 aliphatic carbocycles. The number of hydrogen-bond acceptors (Lipinski definition) is 3. The molecule has 1 heterocycles. The van der Waals surface area contributed by atoms with Crippen molar-refractivity contribution in [3.05, 3.63) is 71.0 Å². The van der Waals surface area contributed by atoms with E-state index in [1.54, 1.807) is 30.3 Å². The summed E-state index contributed by atoms with van der Waals surface area (Å²) in [4.78, 5) is 11.7. The highest BCUT2D eigenvalue weighted by atomic mass is 19.1. The van der Waals surface area contributed by atoms with Crippen LogP contribution in [0.3, 0.4) is 0 Å². The van der Waals surface area contributed by atoms with Crippen LogP contribution in [0.15, 0.2) is 48.5 Å². The van der Waals surface area contributed by atoms with Crippen LogP contribution >= 0.6 is 0 Å². The predicted molar refractivity (Wildman–Crippen MR) is 81.4 cm³/mol. The first-order valence-electron chi connectivity index (χ1n) is 6.95. The number of fused-ring (bicyclic) bond motifs is 1. The van der Waals surface area contributed by atoms with Crippen molar-refractivity contribution in [2.24, 2.45) is 0 Å². The number of methoxy groups -OCH3 is 1. The minimum Gasteiger partial charge on any atom is -0.486 e. The van der Waals surface area contributed by atoms with Crippen molar-refractivity contribution in [3.8, 4) is 5.75 Å². The fourth-order valence-electron chi connectivity index (χ4n) is 2.53. The van der Waals surface area contributed by atoms with E-state index in [2.05, 4.69) is 0 Å². The monoisotopic (exact) mass is 298 g/mol. The number of rotatable bonds is 2. The van der Waals surface area contributed by atoms with E-state index in [0.29, 0.717) is 11.3 Å². The van der Waals surface area contributed by atoms with Gasteiger partial charge >= 0.3 is 5.97 Å². The maximum atomic E-state index is 13.1. The molecule has 0 N–H and O–H groups in total. The molecule has 1 unspecified atom stereocenters. The summed E-state index contributed by atoms with van der Waals surface area (Å²) in [5.74, 6) is 0.00912. The van der Waals surface area contributed by atoms with Crippen LogP contribution < -0.4 is 4.74 Å². The lowest BCUT2D eigenvalue weighted by atomic mass is 9.92. The van der Waals surface area contributed by atoms with Crippen molar-refractivity contribution < 1.29 is 18.7 Å². The van der Waals surface area contributed by atoms with Gasteiger partial charge in [-0.15, -0.1) is 0 Å². The van der Waals surface area contributed by atoms with E-state index in [1.165, 1.54) is 19.2 Å². The normalized spacial score (nSPS) is 16.3. The summed E-state index contributed by atoms with van der Waals surface area (Å²) in [7, 11) is 1.34. The Kier molecular flexibility index (Phi) is 3.67. The zero-order chi connectivity index (χ0) is 15.7. The molecular formula is C18H15FO3. The van der Waals surface area contributed by atoms with Gasteiger partial charge in [0.1, 0.15) is 17.7 Å². The Morgan fingerprint density at radius 2 is 1.91 bits per heavy atom. The van der Waals surface area contributed by atoms with Gasteiger partial charge in [-0.25, -0.2) is 9.18 Å². The van der Waals surface area contributed by atoms with E-state index in [9.17, 15) is 9.18 Å². The van der Waals surface area contributed by atoms with Crippen LogP contribution in [0.1, 0.15) is 28.4 Å². The summed E-state index contributed by atoms with van der Waals surface area (Å²) in [5.41, 5.74) is 3.04. The first-order valence-corrected chi connectivity index (χ1v) is 6.95. The van der Waals surface area contributed by atoms with Gasteiger partial charge < -0.3 is 9.47 Å². The van der Waals surface area contributed by atoms with E-state index in [-0.39, 0.29) is 11.9 Å². The first kappa shape index (κ1) is 14.3. The Morgan fingerprint density at radius 3 is 2.59 bits per heavy atom. The molecule has 0 radical (unpaired) electrons. The third kappa shape index (κ3) is 2.60. The summed E-state index contributed by atoms with van der Waals surface area (Å²) in [5, 5.41) is 0. The van der Waals surface area contributed by atoms with Gasteiger partial charge in [0, 0.05) is 5.56 Å². The van der Waals surface area contributed by atoms with Gasteiger partial charge in [0.05, 0.1) is 12.7 Å². The molecule has 1 aliphatic heterocycles. The summed E-state index contributed by atoms with van der Waals surface area (Å²) in [6, 6.07) is 11.4. The minimum atomic E-state index is -0.403. The fourth-order valence-corrected chi connectivity index (χ4v) is 2.53. The van der Waals surface area contributed by atoms with E-state index >= 15 is 0 Å². The van der Waals surface area contributed by atoms with Crippen LogP contribution in [0, 0.1) is 5.82 Å². The van der Waals surface area contributed by atoms with Gasteiger partial charge in [0.25, 0.3) is 0 Å². The minimum absolute atomic E-state index is 0.100. The van der Waals surface area contributed by atoms with Gasteiger partial charge in [0.2, 0.25) is 0 Å². The molecule has 0 fully saturated rings. The Morgan fingerprint density at radius 1 is 1.18 bits per heavy atom. The highest BCUT2D eigenvalue weighted by molar-refractivity contribution is 5.93. The Labute approximate surface area is 128 Å². The molecule has 0 bridgehead atoms. The molecule has 0 aromatic heterocycles. The van der Waals surface area contributed by atoms with Crippen molar-refractivity contribution in [1.29, 1.82) is 0 Å². The molecule has 0 spiro atoms. The van der Waals surface area contributed by atoms with Gasteiger partial charge in [0.15, 0.2) is 0 Å². The molecule has 3 nitrogen and oxygen atoms in total. The first-order chi connectivity index (χ1) is 10.6. The number of benzene rings is 2. The molecule has 3 rings (SSSR count). The van der Waals surface area contributed by atoms with Crippen LogP contribution in [0.5, 0.6) is 5.75 Å². The van der Waals surface area contributed by atoms with Crippen LogP contribution in [0.2, 0.25) is 0 Å². The van der Waals surface area contributed by atoms with Crippen molar-refractivity contribution in [2.75, 3.05) is 7.11 Å². The molecule has 2 aromatic carbocycles. The smallest absolute Gasteiger partial charge is 0.337 e. The van der Waals surface area contributed by atoms with E-state index in [1.807, 2.05) is 13.0 Å². The van der Waals surface area contributed by atoms with Gasteiger partial charge in [-0.3, -0.25) is 0 Å². The van der Waals surface area contributed by atoms with E-state index < -0.39 is 5.97 Å². The molecule has 0 saturated heterocycles. The average Bonchev–Trinajstić information content (AvgIpc) is 2.53. The number of carbonyl (C=O) groups is 1. The zero-order valence-electron chi connectivity index (χ0n) is 12.3. The average molecular weight is 298 g/mol. The summed E-state index contributed by atoms with van der Waals surface area (Å²) in [6.07, 6.45) is 1.85. The Balaban J connectivity index is 2.11. The number of halogens is 1. The lowest BCUT2D eigenvalue weighted by Crippen LogP contribution is -2.16. The van der Waals surface area contributed by atoms with Crippen molar-refractivity contribution >= 4 is 11.5 Å². The zero-order valence-corrected chi connectivity index (χ0v) is 12.3. The maximum Gasteiger partial charge on any atom is 0.337 e. The molecule has 2 aromatic rings. The SMILES string of the molecule is COC(=O)c1ccc2c(c1)C(c1ccc(F)cc1)=CC(C)O2. The number of ether oxygens (including phenoxy) is 2. The molecular weight excluding hydrogens is 283 g/mol. The molecule has 0 amide bonds. The molecule has 1 aliphatic rings. The second-order valence-corrected chi connectivity index (χ2v) is 5.11. The molecule has 4 heteroatoms. The Hall–Kier alpha value is -2.62. The molecule has 0 saturated carbocycles. The standard InChI is InChI=1S/C18H15FO3/c1-11-9-15(12-3-6-14(19)7-4-12)16-10-13(18(20)21-2)5-8-17(16)22-11/h3-11H,1-2H3. The quantitative estimate of drug-likeness (QED) is 0.791. The highest BCUT2D eigenvalue weighted by Crippen LogP contribution is 2.36. The summed E-state index contributed by atoms with van der Waals surface area (Å²) < 4.78 is 23.7. The summed E-state index contributed by atoms with van der Waals surface area (Å²) >= 11 is 0. The fraction of sp³-hybridized carbons (Fsp3) is 0.167. The maximum absolute atomic E-state index is 13.1. The second kappa shape index (κ2) is 5.64. The third-order valence-corrected chi connectivity index (χ3v) is 3.56. The van der Waals surface area contributed by atoms with Crippen LogP contribution in [-0.4, -0.2) is 19.2 Å². The molecule has 112 valence electrons. The number of carbonyl (C=O) groups excluding carboxylic acids is 1. The Bertz CT molecular complexity index is 747. The third-order valence-electron chi connectivity index (χ3n) is 3.56. The highest BCUT2D eigenvalue weighted by Gasteiger charge is 2.21. The van der Waals surface area contributed by atoms with Crippen LogP contribution in [0.25, 0.3) is 5.57 Å². The molecule has 1 atom stereocenters. The van der Waals surface area contributed by atoms with Gasteiger partial charge in [-0.1, -0.05) is 12.1 Å². The van der Waals surface area contributed by atoms with Gasteiger partial charge in [-0.05, 0) is 54.5 Å². The van der Waals surface area contributed by atoms with E-state index in [0.717, 1.165) is 16.7 Å². The van der Waals surface area contributed by atoms with Crippen molar-refractivity contribution in [1.82, 2.24) is 0 Å². The largest absolute Gasteiger partial charge is 0.486 e. The molecule has 22 heavy (non-hydrogen) atoms. The lowest BCUT2D eigenvalue weighted by molar-refractivity contribution is 0.0600. The van der Waals surface area contributed by atoms with Crippen LogP contribution in [0.4, 0.5) is 4.39 Å².